The van der Waals surface area contributed by atoms with E-state index in [1.54, 1.807) is 0 Å². The molecule has 0 aromatic heterocycles. The number of carbonyl (C=O) groups excluding carboxylic acids is 2. The van der Waals surface area contributed by atoms with Crippen LogP contribution in [0.1, 0.15) is 34.3 Å². The van der Waals surface area contributed by atoms with Crippen molar-refractivity contribution in [3.8, 4) is 0 Å². The van der Waals surface area contributed by atoms with E-state index in [-0.39, 0.29) is 24.1 Å². The molecule has 3 nitrogen and oxygen atoms in total. The molecular formula is C19H20FNO2. The van der Waals surface area contributed by atoms with Crippen molar-refractivity contribution in [3.05, 3.63) is 71.0 Å². The predicted molar refractivity (Wildman–Crippen MR) is 87.9 cm³/mol. The van der Waals surface area contributed by atoms with Crippen LogP contribution in [0.2, 0.25) is 0 Å². The van der Waals surface area contributed by atoms with Crippen LogP contribution in [-0.2, 0) is 11.2 Å². The molecule has 0 aliphatic carbocycles. The molecule has 0 heterocycles. The Labute approximate surface area is 135 Å². The van der Waals surface area contributed by atoms with Crippen LogP contribution in [0.15, 0.2) is 48.5 Å². The third kappa shape index (κ3) is 5.66. The van der Waals surface area contributed by atoms with Gasteiger partial charge in [-0.2, -0.15) is 0 Å². The number of nitrogens with one attached hydrogen (secondary N) is 1. The van der Waals surface area contributed by atoms with Crippen molar-refractivity contribution in [2.75, 3.05) is 6.54 Å². The van der Waals surface area contributed by atoms with Gasteiger partial charge in [0.2, 0.25) is 5.91 Å². The molecule has 0 atom stereocenters. The summed E-state index contributed by atoms with van der Waals surface area (Å²) < 4.78 is 12.8. The number of hydrogen-bond acceptors (Lipinski definition) is 2. The summed E-state index contributed by atoms with van der Waals surface area (Å²) in [4.78, 5) is 23.6. The van der Waals surface area contributed by atoms with E-state index in [0.29, 0.717) is 12.0 Å². The van der Waals surface area contributed by atoms with Gasteiger partial charge in [-0.25, -0.2) is 4.39 Å². The molecule has 0 radical (unpaired) electrons. The first-order chi connectivity index (χ1) is 11.0. The highest BCUT2D eigenvalue weighted by molar-refractivity contribution is 5.99. The number of ketones is 1. The summed E-state index contributed by atoms with van der Waals surface area (Å²) in [5.74, 6) is -0.758. The molecule has 1 N–H and O–H groups in total. The van der Waals surface area contributed by atoms with E-state index in [1.807, 2.05) is 6.92 Å². The van der Waals surface area contributed by atoms with Crippen LogP contribution in [0, 0.1) is 12.7 Å². The molecule has 120 valence electrons. The zero-order valence-corrected chi connectivity index (χ0v) is 13.1. The molecule has 0 saturated heterocycles. The van der Waals surface area contributed by atoms with E-state index in [4.69, 9.17) is 0 Å². The number of hydrogen-bond donors (Lipinski definition) is 1. The van der Waals surface area contributed by atoms with Gasteiger partial charge in [-0.15, -0.1) is 0 Å². The minimum Gasteiger partial charge on any atom is -0.349 e. The Kier molecular flexibility index (Phi) is 6.03. The molecule has 0 aliphatic rings. The van der Waals surface area contributed by atoms with Gasteiger partial charge in [0.25, 0.3) is 0 Å². The highest BCUT2D eigenvalue weighted by atomic mass is 19.1. The maximum Gasteiger partial charge on any atom is 0.220 e. The Morgan fingerprint density at radius 2 is 1.65 bits per heavy atom. The Morgan fingerprint density at radius 1 is 1.00 bits per heavy atom. The van der Waals surface area contributed by atoms with E-state index in [9.17, 15) is 14.0 Å². The second kappa shape index (κ2) is 8.22. The summed E-state index contributed by atoms with van der Waals surface area (Å²) in [7, 11) is 0. The van der Waals surface area contributed by atoms with E-state index in [1.165, 1.54) is 35.4 Å². The van der Waals surface area contributed by atoms with Gasteiger partial charge in [0.15, 0.2) is 5.78 Å². The fourth-order valence-corrected chi connectivity index (χ4v) is 2.21. The van der Waals surface area contributed by atoms with Crippen molar-refractivity contribution in [3.63, 3.8) is 0 Å². The summed E-state index contributed by atoms with van der Waals surface area (Å²) in [6.07, 6.45) is 1.95. The first kappa shape index (κ1) is 16.9. The summed E-state index contributed by atoms with van der Waals surface area (Å²) in [5.41, 5.74) is 2.81. The molecule has 0 fully saturated rings. The van der Waals surface area contributed by atoms with Crippen LogP contribution in [0.4, 0.5) is 4.39 Å². The standard InChI is InChI=1S/C19H20FNO2/c1-14-5-7-15(8-6-14)3-2-4-19(23)21-13-18(22)16-9-11-17(20)12-10-16/h5-12H,2-4,13H2,1H3,(H,21,23). The summed E-state index contributed by atoms with van der Waals surface area (Å²) >= 11 is 0. The van der Waals surface area contributed by atoms with Crippen LogP contribution >= 0.6 is 0 Å². The van der Waals surface area contributed by atoms with Gasteiger partial charge >= 0.3 is 0 Å². The molecule has 0 aliphatic heterocycles. The SMILES string of the molecule is Cc1ccc(CCCC(=O)NCC(=O)c2ccc(F)cc2)cc1. The van der Waals surface area contributed by atoms with Gasteiger partial charge in [-0.3, -0.25) is 9.59 Å². The zero-order chi connectivity index (χ0) is 16.7. The van der Waals surface area contributed by atoms with Crippen LogP contribution in [-0.4, -0.2) is 18.2 Å². The van der Waals surface area contributed by atoms with Crippen LogP contribution in [0.5, 0.6) is 0 Å². The maximum absolute atomic E-state index is 12.8. The highest BCUT2D eigenvalue weighted by Gasteiger charge is 2.08. The summed E-state index contributed by atoms with van der Waals surface area (Å²) in [6, 6.07) is 13.5. The molecule has 0 bridgehead atoms. The number of aryl methyl sites for hydroxylation is 2. The van der Waals surface area contributed by atoms with Crippen LogP contribution in [0.25, 0.3) is 0 Å². The Balaban J connectivity index is 1.69. The summed E-state index contributed by atoms with van der Waals surface area (Å²) in [5, 5.41) is 2.61. The fourth-order valence-electron chi connectivity index (χ4n) is 2.21. The zero-order valence-electron chi connectivity index (χ0n) is 13.1. The van der Waals surface area contributed by atoms with E-state index >= 15 is 0 Å². The molecule has 2 rings (SSSR count). The molecule has 23 heavy (non-hydrogen) atoms. The van der Waals surface area contributed by atoms with E-state index in [2.05, 4.69) is 29.6 Å². The van der Waals surface area contributed by atoms with Crippen molar-refractivity contribution in [1.82, 2.24) is 5.32 Å². The molecule has 2 aromatic carbocycles. The Bertz CT molecular complexity index is 663. The second-order valence-corrected chi connectivity index (χ2v) is 5.55. The first-order valence-corrected chi connectivity index (χ1v) is 7.65. The number of amides is 1. The molecular weight excluding hydrogens is 293 g/mol. The smallest absolute Gasteiger partial charge is 0.220 e. The average Bonchev–Trinajstić information content (AvgIpc) is 2.55. The minimum atomic E-state index is -0.387. The lowest BCUT2D eigenvalue weighted by atomic mass is 10.1. The van der Waals surface area contributed by atoms with Gasteiger partial charge in [0.1, 0.15) is 5.82 Å². The van der Waals surface area contributed by atoms with E-state index < -0.39 is 0 Å². The van der Waals surface area contributed by atoms with Crippen molar-refractivity contribution in [2.24, 2.45) is 0 Å². The second-order valence-electron chi connectivity index (χ2n) is 5.55. The third-order valence-corrected chi connectivity index (χ3v) is 3.60. The van der Waals surface area contributed by atoms with Gasteiger partial charge in [0, 0.05) is 12.0 Å². The molecule has 2 aromatic rings. The largest absolute Gasteiger partial charge is 0.349 e. The molecule has 0 unspecified atom stereocenters. The summed E-state index contributed by atoms with van der Waals surface area (Å²) in [6.45, 7) is 1.98. The topological polar surface area (TPSA) is 46.2 Å². The molecule has 4 heteroatoms. The monoisotopic (exact) mass is 313 g/mol. The number of Topliss-reactive ketones (excluding diaryl/α,β-unsaturated/α-hetero) is 1. The number of halogens is 1. The Morgan fingerprint density at radius 3 is 2.30 bits per heavy atom. The molecule has 1 amide bonds. The number of carbonyl (C=O) groups is 2. The van der Waals surface area contributed by atoms with Crippen molar-refractivity contribution >= 4 is 11.7 Å². The fraction of sp³-hybridized carbons (Fsp3) is 0.263. The first-order valence-electron chi connectivity index (χ1n) is 7.65. The van der Waals surface area contributed by atoms with Crippen LogP contribution < -0.4 is 5.32 Å². The van der Waals surface area contributed by atoms with Gasteiger partial charge in [0.05, 0.1) is 6.54 Å². The van der Waals surface area contributed by atoms with Gasteiger partial charge < -0.3 is 5.32 Å². The normalized spacial score (nSPS) is 10.3. The highest BCUT2D eigenvalue weighted by Crippen LogP contribution is 2.07. The number of rotatable bonds is 7. The number of benzene rings is 2. The minimum absolute atomic E-state index is 0.0605. The van der Waals surface area contributed by atoms with E-state index in [0.717, 1.165) is 12.8 Å². The van der Waals surface area contributed by atoms with Crippen LogP contribution in [0.3, 0.4) is 0 Å². The molecule has 0 saturated carbocycles. The van der Waals surface area contributed by atoms with Crippen molar-refractivity contribution < 1.29 is 14.0 Å². The maximum atomic E-state index is 12.8. The lowest BCUT2D eigenvalue weighted by Crippen LogP contribution is -2.29. The molecule has 0 spiro atoms. The van der Waals surface area contributed by atoms with Crippen molar-refractivity contribution in [1.29, 1.82) is 0 Å². The van der Waals surface area contributed by atoms with Gasteiger partial charge in [-0.05, 0) is 49.6 Å². The quantitative estimate of drug-likeness (QED) is 0.796. The van der Waals surface area contributed by atoms with Gasteiger partial charge in [-0.1, -0.05) is 29.8 Å². The predicted octanol–water partition coefficient (Wildman–Crippen LogP) is 3.46. The lowest BCUT2D eigenvalue weighted by Gasteiger charge is -2.05. The lowest BCUT2D eigenvalue weighted by molar-refractivity contribution is -0.121. The third-order valence-electron chi connectivity index (χ3n) is 3.60. The average molecular weight is 313 g/mol. The Hall–Kier alpha value is -2.49. The van der Waals surface area contributed by atoms with Crippen molar-refractivity contribution in [2.45, 2.75) is 26.2 Å².